The first-order valence-electron chi connectivity index (χ1n) is 13.1. The maximum Gasteiger partial charge on any atom is 0.335 e. The average molecular weight is 635 g/mol. The van der Waals surface area contributed by atoms with E-state index in [1.807, 2.05) is 24.3 Å². The van der Waals surface area contributed by atoms with Crippen molar-refractivity contribution in [2.75, 3.05) is 57.9 Å². The number of fused-ring (bicyclic) bond motifs is 1. The minimum atomic E-state index is -0.972. The molecule has 0 bridgehead atoms. The molecule has 1 N–H and O–H groups in total. The molecule has 3 aromatic carbocycles. The number of carbonyl (C=O) groups excluding carboxylic acids is 2. The SMILES string of the molecule is CN(C(=O)CN1C(=O)COc2cc(Cl)c(Cl)cc21)[C@@H](CN1CCOCC1)c1ccc(-c2ccc(C(=O)O)cc2)cc1.Cl. The van der Waals surface area contributed by atoms with E-state index in [1.54, 1.807) is 42.3 Å². The zero-order chi connectivity index (χ0) is 29.1. The Morgan fingerprint density at radius 3 is 2.19 bits per heavy atom. The largest absolute Gasteiger partial charge is 0.482 e. The van der Waals surface area contributed by atoms with E-state index in [0.717, 1.165) is 29.8 Å². The number of carbonyl (C=O) groups is 3. The van der Waals surface area contributed by atoms with E-state index in [-0.39, 0.29) is 54.0 Å². The molecule has 0 unspecified atom stereocenters. The number of carboxylic acid groups (broad SMARTS) is 1. The fourth-order valence-electron chi connectivity index (χ4n) is 4.97. The van der Waals surface area contributed by atoms with Gasteiger partial charge in [-0.05, 0) is 34.9 Å². The van der Waals surface area contributed by atoms with Crippen LogP contribution in [0.2, 0.25) is 10.0 Å². The number of ether oxygens (including phenoxy) is 2. The standard InChI is InChI=1S/C30H29Cl2N3O6.ClH/c1-33(28(36)17-35-25-14-23(31)24(32)15-27(25)41-18-29(35)37)26(16-34-10-12-40-13-11-34)21-6-2-19(3-7-21)20-4-8-22(9-5-20)30(38)39;/h2-9,14-15,26H,10-13,16-18H2,1H3,(H,38,39);1H/t26-;/m0./s1. The van der Waals surface area contributed by atoms with Crippen molar-refractivity contribution in [3.8, 4) is 16.9 Å². The van der Waals surface area contributed by atoms with Crippen LogP contribution >= 0.6 is 35.6 Å². The van der Waals surface area contributed by atoms with Crippen LogP contribution in [0.4, 0.5) is 5.69 Å². The van der Waals surface area contributed by atoms with Crippen molar-refractivity contribution in [3.63, 3.8) is 0 Å². The van der Waals surface area contributed by atoms with Crippen molar-refractivity contribution in [2.24, 2.45) is 0 Å². The molecular formula is C30H30Cl3N3O6. The number of rotatable bonds is 8. The summed E-state index contributed by atoms with van der Waals surface area (Å²) in [5, 5.41) is 9.74. The van der Waals surface area contributed by atoms with Gasteiger partial charge in [-0.1, -0.05) is 59.6 Å². The van der Waals surface area contributed by atoms with Gasteiger partial charge in [0.15, 0.2) is 6.61 Å². The summed E-state index contributed by atoms with van der Waals surface area (Å²) in [6, 6.07) is 17.4. The molecule has 5 rings (SSSR count). The van der Waals surface area contributed by atoms with E-state index in [1.165, 1.54) is 11.0 Å². The molecule has 1 atom stereocenters. The van der Waals surface area contributed by atoms with Gasteiger partial charge >= 0.3 is 5.97 Å². The van der Waals surface area contributed by atoms with Crippen molar-refractivity contribution in [1.82, 2.24) is 9.80 Å². The quantitative estimate of drug-likeness (QED) is 0.371. The van der Waals surface area contributed by atoms with Crippen LogP contribution in [0.5, 0.6) is 5.75 Å². The number of morpholine rings is 1. The molecule has 9 nitrogen and oxygen atoms in total. The molecule has 2 heterocycles. The minimum Gasteiger partial charge on any atom is -0.482 e. The average Bonchev–Trinajstić information content (AvgIpc) is 2.98. The number of benzene rings is 3. The van der Waals surface area contributed by atoms with E-state index in [0.29, 0.717) is 36.2 Å². The van der Waals surface area contributed by atoms with Gasteiger partial charge in [0.05, 0.1) is 40.6 Å². The predicted molar refractivity (Wildman–Crippen MR) is 163 cm³/mol. The second kappa shape index (κ2) is 13.8. The highest BCUT2D eigenvalue weighted by atomic mass is 35.5. The van der Waals surface area contributed by atoms with Crippen LogP contribution in [0.15, 0.2) is 60.7 Å². The smallest absolute Gasteiger partial charge is 0.335 e. The van der Waals surface area contributed by atoms with Crippen LogP contribution < -0.4 is 9.64 Å². The van der Waals surface area contributed by atoms with Crippen molar-refractivity contribution in [3.05, 3.63) is 81.8 Å². The van der Waals surface area contributed by atoms with Gasteiger partial charge in [0.1, 0.15) is 12.3 Å². The predicted octanol–water partition coefficient (Wildman–Crippen LogP) is 5.04. The lowest BCUT2D eigenvalue weighted by Crippen LogP contribution is -2.48. The van der Waals surface area contributed by atoms with Crippen LogP contribution in [-0.2, 0) is 14.3 Å². The molecule has 42 heavy (non-hydrogen) atoms. The fourth-order valence-corrected chi connectivity index (χ4v) is 5.28. The molecule has 1 saturated heterocycles. The topological polar surface area (TPSA) is 99.6 Å². The molecule has 1 fully saturated rings. The van der Waals surface area contributed by atoms with Gasteiger partial charge in [-0.2, -0.15) is 0 Å². The van der Waals surface area contributed by atoms with E-state index in [9.17, 15) is 19.5 Å². The normalized spacial score (nSPS) is 15.7. The van der Waals surface area contributed by atoms with Crippen LogP contribution in [0.3, 0.4) is 0 Å². The molecule has 0 radical (unpaired) electrons. The summed E-state index contributed by atoms with van der Waals surface area (Å²) in [6.07, 6.45) is 0. The number of amides is 2. The maximum atomic E-state index is 13.7. The lowest BCUT2D eigenvalue weighted by atomic mass is 9.98. The zero-order valence-electron chi connectivity index (χ0n) is 22.8. The Morgan fingerprint density at radius 1 is 0.976 bits per heavy atom. The lowest BCUT2D eigenvalue weighted by molar-refractivity contribution is -0.133. The maximum absolute atomic E-state index is 13.7. The van der Waals surface area contributed by atoms with Crippen LogP contribution in [0.1, 0.15) is 22.0 Å². The van der Waals surface area contributed by atoms with Crippen molar-refractivity contribution >= 4 is 59.1 Å². The Labute approximate surface area is 259 Å². The van der Waals surface area contributed by atoms with Gasteiger partial charge in [0.2, 0.25) is 5.91 Å². The molecule has 0 spiro atoms. The molecule has 12 heteroatoms. The molecular weight excluding hydrogens is 605 g/mol. The third-order valence-electron chi connectivity index (χ3n) is 7.39. The number of anilines is 1. The molecule has 2 aliphatic heterocycles. The highest BCUT2D eigenvalue weighted by molar-refractivity contribution is 6.42. The van der Waals surface area contributed by atoms with Crippen LogP contribution in [0, 0.1) is 0 Å². The first-order chi connectivity index (χ1) is 19.7. The second-order valence-corrected chi connectivity index (χ2v) is 10.8. The summed E-state index contributed by atoms with van der Waals surface area (Å²) < 4.78 is 11.0. The number of aromatic carboxylic acids is 1. The summed E-state index contributed by atoms with van der Waals surface area (Å²) in [5.41, 5.74) is 3.37. The molecule has 2 aliphatic rings. The molecule has 0 saturated carbocycles. The Bertz CT molecular complexity index is 1450. The summed E-state index contributed by atoms with van der Waals surface area (Å²) in [7, 11) is 1.74. The molecule has 3 aromatic rings. The number of nitrogens with zero attached hydrogens (tertiary/aromatic N) is 3. The summed E-state index contributed by atoms with van der Waals surface area (Å²) in [6.45, 7) is 2.96. The number of carboxylic acids is 1. The molecule has 0 aromatic heterocycles. The van der Waals surface area contributed by atoms with Crippen molar-refractivity contribution in [1.29, 1.82) is 0 Å². The number of hydrogen-bond donors (Lipinski definition) is 1. The van der Waals surface area contributed by atoms with Gasteiger partial charge in [-0.15, -0.1) is 12.4 Å². The highest BCUT2D eigenvalue weighted by Gasteiger charge is 2.32. The third kappa shape index (κ3) is 6.99. The number of halogens is 3. The highest BCUT2D eigenvalue weighted by Crippen LogP contribution is 2.39. The fraction of sp³-hybridized carbons (Fsp3) is 0.300. The first kappa shape index (κ1) is 31.6. The summed E-state index contributed by atoms with van der Waals surface area (Å²) in [5.74, 6) is -1.17. The van der Waals surface area contributed by atoms with Crippen molar-refractivity contribution in [2.45, 2.75) is 6.04 Å². The zero-order valence-corrected chi connectivity index (χ0v) is 25.1. The van der Waals surface area contributed by atoms with Crippen LogP contribution in [-0.4, -0.2) is 85.7 Å². The van der Waals surface area contributed by atoms with E-state index >= 15 is 0 Å². The van der Waals surface area contributed by atoms with E-state index < -0.39 is 5.97 Å². The third-order valence-corrected chi connectivity index (χ3v) is 8.12. The minimum absolute atomic E-state index is 0. The van der Waals surface area contributed by atoms with Gasteiger partial charge in [-0.25, -0.2) is 4.79 Å². The monoisotopic (exact) mass is 633 g/mol. The number of hydrogen-bond acceptors (Lipinski definition) is 6. The summed E-state index contributed by atoms with van der Waals surface area (Å²) in [4.78, 5) is 43.0. The summed E-state index contributed by atoms with van der Waals surface area (Å²) >= 11 is 12.3. The molecule has 0 aliphatic carbocycles. The van der Waals surface area contributed by atoms with Gasteiger partial charge in [0.25, 0.3) is 5.91 Å². The van der Waals surface area contributed by atoms with E-state index in [2.05, 4.69) is 4.90 Å². The number of likely N-dealkylation sites (N-methyl/N-ethyl adjacent to an activating group) is 1. The van der Waals surface area contributed by atoms with Gasteiger partial charge < -0.3 is 19.5 Å². The Balaban J connectivity index is 0.00000405. The van der Waals surface area contributed by atoms with Gasteiger partial charge in [-0.3, -0.25) is 19.4 Å². The Morgan fingerprint density at radius 2 is 1.57 bits per heavy atom. The Hall–Kier alpha value is -3.34. The lowest BCUT2D eigenvalue weighted by Gasteiger charge is -2.37. The molecule has 222 valence electrons. The molecule has 2 amide bonds. The first-order valence-corrected chi connectivity index (χ1v) is 13.9. The van der Waals surface area contributed by atoms with E-state index in [4.69, 9.17) is 32.7 Å². The Kier molecular flexibility index (Phi) is 10.3. The second-order valence-electron chi connectivity index (χ2n) is 9.94. The van der Waals surface area contributed by atoms with Gasteiger partial charge in [0, 0.05) is 32.7 Å². The van der Waals surface area contributed by atoms with Crippen LogP contribution in [0.25, 0.3) is 11.1 Å². The van der Waals surface area contributed by atoms with Crippen molar-refractivity contribution < 1.29 is 29.0 Å².